The molecule has 0 N–H and O–H groups in total. The Kier molecular flexibility index (Phi) is 3.55. The quantitative estimate of drug-likeness (QED) is 0.545. The van der Waals surface area contributed by atoms with E-state index in [4.69, 9.17) is 14.0 Å². The van der Waals surface area contributed by atoms with E-state index in [1.54, 1.807) is 33.1 Å². The van der Waals surface area contributed by atoms with Crippen LogP contribution in [0.25, 0.3) is 10.8 Å². The van der Waals surface area contributed by atoms with Crippen molar-refractivity contribution >= 4 is 16.7 Å². The fourth-order valence-electron chi connectivity index (χ4n) is 2.33. The van der Waals surface area contributed by atoms with Crippen LogP contribution < -0.4 is 9.47 Å². The van der Waals surface area contributed by atoms with Crippen molar-refractivity contribution in [3.8, 4) is 11.5 Å². The van der Waals surface area contributed by atoms with Crippen molar-refractivity contribution in [2.75, 3.05) is 7.11 Å². The number of hydrogen-bond acceptors (Lipinski definition) is 5. The van der Waals surface area contributed by atoms with Crippen molar-refractivity contribution < 1.29 is 18.8 Å². The first kappa shape index (κ1) is 14.1. The number of methoxy groups -OCH3 is 1. The first-order valence-corrected chi connectivity index (χ1v) is 6.81. The Morgan fingerprint density at radius 1 is 1.05 bits per heavy atom. The summed E-state index contributed by atoms with van der Waals surface area (Å²) < 4.78 is 15.6. The van der Waals surface area contributed by atoms with E-state index in [2.05, 4.69) is 5.16 Å². The fraction of sp³-hybridized carbons (Fsp3) is 0.176. The van der Waals surface area contributed by atoms with Gasteiger partial charge in [-0.05, 0) is 48.9 Å². The number of carbonyl (C=O) groups excluding carboxylic acids is 1. The highest BCUT2D eigenvalue weighted by atomic mass is 16.5. The van der Waals surface area contributed by atoms with Crippen LogP contribution in [0.1, 0.15) is 21.8 Å². The third-order valence-corrected chi connectivity index (χ3v) is 3.47. The molecule has 2 aromatic carbocycles. The van der Waals surface area contributed by atoms with E-state index in [0.717, 1.165) is 16.5 Å². The van der Waals surface area contributed by atoms with Gasteiger partial charge < -0.3 is 14.0 Å². The van der Waals surface area contributed by atoms with E-state index < -0.39 is 5.97 Å². The van der Waals surface area contributed by atoms with Crippen LogP contribution in [0.3, 0.4) is 0 Å². The van der Waals surface area contributed by atoms with E-state index in [9.17, 15) is 4.79 Å². The number of rotatable bonds is 3. The van der Waals surface area contributed by atoms with Crippen LogP contribution in [0, 0.1) is 13.8 Å². The Bertz CT molecular complexity index is 831. The van der Waals surface area contributed by atoms with Gasteiger partial charge >= 0.3 is 5.97 Å². The second kappa shape index (κ2) is 5.52. The van der Waals surface area contributed by atoms with Crippen LogP contribution in [-0.4, -0.2) is 18.2 Å². The first-order chi connectivity index (χ1) is 10.6. The smallest absolute Gasteiger partial charge is 0.349 e. The molecule has 0 radical (unpaired) electrons. The molecular formula is C17H15NO4. The van der Waals surface area contributed by atoms with Crippen LogP contribution in [0.5, 0.6) is 11.5 Å². The normalized spacial score (nSPS) is 10.7. The minimum Gasteiger partial charge on any atom is -0.497 e. The van der Waals surface area contributed by atoms with Crippen molar-refractivity contribution in [3.63, 3.8) is 0 Å². The van der Waals surface area contributed by atoms with Crippen molar-refractivity contribution in [2.24, 2.45) is 0 Å². The van der Waals surface area contributed by atoms with Gasteiger partial charge in [0.05, 0.1) is 12.8 Å². The van der Waals surface area contributed by atoms with Gasteiger partial charge in [0.25, 0.3) is 0 Å². The average Bonchev–Trinajstić information content (AvgIpc) is 2.85. The summed E-state index contributed by atoms with van der Waals surface area (Å²) in [5, 5.41) is 5.73. The number of esters is 1. The van der Waals surface area contributed by atoms with Gasteiger partial charge in [0.1, 0.15) is 22.8 Å². The minimum atomic E-state index is -0.474. The molecule has 1 heterocycles. The zero-order valence-electron chi connectivity index (χ0n) is 12.5. The van der Waals surface area contributed by atoms with Crippen LogP contribution in [0.15, 0.2) is 40.9 Å². The summed E-state index contributed by atoms with van der Waals surface area (Å²) in [6.07, 6.45) is 0. The van der Waals surface area contributed by atoms with E-state index in [-0.39, 0.29) is 0 Å². The molecule has 3 rings (SSSR count). The van der Waals surface area contributed by atoms with Crippen LogP contribution >= 0.6 is 0 Å². The van der Waals surface area contributed by atoms with Gasteiger partial charge in [0, 0.05) is 0 Å². The van der Waals surface area contributed by atoms with Gasteiger partial charge in [-0.25, -0.2) is 4.79 Å². The predicted octanol–water partition coefficient (Wildman–Crippen LogP) is 3.67. The van der Waals surface area contributed by atoms with Crippen LogP contribution in [0.4, 0.5) is 0 Å². The number of benzene rings is 2. The standard InChI is InChI=1S/C17H15NO4/c1-10-16(11(2)22-18-10)17(19)21-15-7-5-12-4-6-14(20-3)8-13(12)9-15/h4-9H,1-3H3. The third-order valence-electron chi connectivity index (χ3n) is 3.47. The molecule has 22 heavy (non-hydrogen) atoms. The van der Waals surface area contributed by atoms with E-state index >= 15 is 0 Å². The molecule has 0 saturated carbocycles. The molecule has 1 aromatic heterocycles. The molecule has 0 spiro atoms. The molecule has 0 aliphatic carbocycles. The number of fused-ring (bicyclic) bond motifs is 1. The van der Waals surface area contributed by atoms with Gasteiger partial charge in [-0.3, -0.25) is 0 Å². The van der Waals surface area contributed by atoms with Gasteiger partial charge in [0.2, 0.25) is 0 Å². The number of hydrogen-bond donors (Lipinski definition) is 0. The van der Waals surface area contributed by atoms with Crippen LogP contribution in [-0.2, 0) is 0 Å². The number of aromatic nitrogens is 1. The molecule has 0 fully saturated rings. The molecule has 5 heteroatoms. The first-order valence-electron chi connectivity index (χ1n) is 6.81. The molecule has 0 atom stereocenters. The van der Waals surface area contributed by atoms with E-state index in [1.807, 2.05) is 24.3 Å². The van der Waals surface area contributed by atoms with Crippen molar-refractivity contribution in [3.05, 3.63) is 53.4 Å². The zero-order valence-corrected chi connectivity index (χ0v) is 12.5. The maximum absolute atomic E-state index is 12.2. The second-order valence-corrected chi connectivity index (χ2v) is 4.96. The molecule has 3 aromatic rings. The lowest BCUT2D eigenvalue weighted by Gasteiger charge is -2.06. The van der Waals surface area contributed by atoms with Crippen molar-refractivity contribution in [1.29, 1.82) is 0 Å². The molecule has 0 aliphatic heterocycles. The van der Waals surface area contributed by atoms with E-state index in [0.29, 0.717) is 22.8 Å². The van der Waals surface area contributed by atoms with Gasteiger partial charge in [-0.15, -0.1) is 0 Å². The Labute approximate surface area is 127 Å². The highest BCUT2D eigenvalue weighted by molar-refractivity contribution is 5.94. The predicted molar refractivity (Wildman–Crippen MR) is 81.4 cm³/mol. The summed E-state index contributed by atoms with van der Waals surface area (Å²) in [7, 11) is 1.61. The lowest BCUT2D eigenvalue weighted by Crippen LogP contribution is -2.10. The molecule has 0 amide bonds. The number of aryl methyl sites for hydroxylation is 2. The number of carbonyl (C=O) groups is 1. The lowest BCUT2D eigenvalue weighted by atomic mass is 10.1. The van der Waals surface area contributed by atoms with E-state index in [1.165, 1.54) is 0 Å². The summed E-state index contributed by atoms with van der Waals surface area (Å²) >= 11 is 0. The Morgan fingerprint density at radius 3 is 2.36 bits per heavy atom. The topological polar surface area (TPSA) is 61.6 Å². The van der Waals surface area contributed by atoms with Crippen LogP contribution in [0.2, 0.25) is 0 Å². The third kappa shape index (κ3) is 2.53. The minimum absolute atomic E-state index is 0.366. The monoisotopic (exact) mass is 297 g/mol. The molecule has 0 aliphatic rings. The number of nitrogens with zero attached hydrogens (tertiary/aromatic N) is 1. The Hall–Kier alpha value is -2.82. The second-order valence-electron chi connectivity index (χ2n) is 4.96. The maximum atomic E-state index is 12.2. The molecule has 0 bridgehead atoms. The molecule has 5 nitrogen and oxygen atoms in total. The summed E-state index contributed by atoms with van der Waals surface area (Å²) in [5.74, 6) is 1.19. The largest absolute Gasteiger partial charge is 0.497 e. The highest BCUT2D eigenvalue weighted by Gasteiger charge is 2.19. The van der Waals surface area contributed by atoms with Gasteiger partial charge in [0.15, 0.2) is 0 Å². The summed E-state index contributed by atoms with van der Waals surface area (Å²) in [6.45, 7) is 3.39. The van der Waals surface area contributed by atoms with Gasteiger partial charge in [-0.1, -0.05) is 17.3 Å². The van der Waals surface area contributed by atoms with Crippen molar-refractivity contribution in [1.82, 2.24) is 5.16 Å². The van der Waals surface area contributed by atoms with Gasteiger partial charge in [-0.2, -0.15) is 0 Å². The molecule has 0 unspecified atom stereocenters. The Balaban J connectivity index is 1.92. The highest BCUT2D eigenvalue weighted by Crippen LogP contribution is 2.26. The molecular weight excluding hydrogens is 282 g/mol. The fourth-order valence-corrected chi connectivity index (χ4v) is 2.33. The Morgan fingerprint density at radius 2 is 1.73 bits per heavy atom. The molecule has 112 valence electrons. The van der Waals surface area contributed by atoms with Crippen molar-refractivity contribution in [2.45, 2.75) is 13.8 Å². The zero-order chi connectivity index (χ0) is 15.7. The maximum Gasteiger partial charge on any atom is 0.349 e. The summed E-state index contributed by atoms with van der Waals surface area (Å²) in [4.78, 5) is 12.2. The SMILES string of the molecule is COc1ccc2ccc(OC(=O)c3c(C)noc3C)cc2c1. The summed E-state index contributed by atoms with van der Waals surface area (Å²) in [5.41, 5.74) is 0.885. The lowest BCUT2D eigenvalue weighted by molar-refractivity contribution is 0.0732. The average molecular weight is 297 g/mol. The number of ether oxygens (including phenoxy) is 2. The molecule has 0 saturated heterocycles. The summed E-state index contributed by atoms with van der Waals surface area (Å²) in [6, 6.07) is 11.2.